The van der Waals surface area contributed by atoms with Crippen molar-refractivity contribution in [1.82, 2.24) is 34.8 Å². The van der Waals surface area contributed by atoms with Crippen LogP contribution in [0.2, 0.25) is 0 Å². The van der Waals surface area contributed by atoms with Crippen LogP contribution >= 0.6 is 0 Å². The third-order valence-electron chi connectivity index (χ3n) is 6.54. The monoisotopic (exact) mass is 455 g/mol. The molecule has 0 aliphatic heterocycles. The van der Waals surface area contributed by atoms with Gasteiger partial charge in [-0.2, -0.15) is 10.2 Å². The molecule has 3 heterocycles. The molecule has 1 aliphatic rings. The van der Waals surface area contributed by atoms with Crippen molar-refractivity contribution in [2.45, 2.75) is 38.6 Å². The fourth-order valence-corrected chi connectivity index (χ4v) is 4.64. The van der Waals surface area contributed by atoms with Gasteiger partial charge in [-0.1, -0.05) is 18.2 Å². The summed E-state index contributed by atoms with van der Waals surface area (Å²) in [5.41, 5.74) is 5.05. The van der Waals surface area contributed by atoms with Crippen LogP contribution in [0.15, 0.2) is 61.4 Å². The number of nitrogens with zero attached hydrogens (tertiary/aromatic N) is 6. The highest BCUT2D eigenvalue weighted by atomic mass is 16.1. The number of carbonyl (C=O) groups is 1. The number of nitrogens with one attached hydrogen (secondary N) is 1. The van der Waals surface area contributed by atoms with Crippen LogP contribution in [-0.2, 0) is 11.8 Å². The van der Waals surface area contributed by atoms with E-state index in [-0.39, 0.29) is 11.8 Å². The molecule has 0 bridgehead atoms. The molecule has 0 spiro atoms. The summed E-state index contributed by atoms with van der Waals surface area (Å²) in [7, 11) is 1.91. The quantitative estimate of drug-likeness (QED) is 0.469. The number of rotatable bonds is 6. The van der Waals surface area contributed by atoms with Gasteiger partial charge in [0, 0.05) is 66.6 Å². The Kier molecular flexibility index (Phi) is 6.20. The Balaban J connectivity index is 1.27. The van der Waals surface area contributed by atoms with Gasteiger partial charge in [0.1, 0.15) is 0 Å². The third-order valence-corrected chi connectivity index (χ3v) is 6.54. The van der Waals surface area contributed by atoms with E-state index in [1.807, 2.05) is 61.8 Å². The van der Waals surface area contributed by atoms with Crippen LogP contribution in [0.5, 0.6) is 0 Å². The van der Waals surface area contributed by atoms with Gasteiger partial charge in [0.2, 0.25) is 5.91 Å². The topological polar surface area (TPSA) is 90.5 Å². The van der Waals surface area contributed by atoms with Gasteiger partial charge in [0.25, 0.3) is 0 Å². The lowest BCUT2D eigenvalue weighted by Gasteiger charge is -2.27. The Morgan fingerprint density at radius 3 is 2.32 bits per heavy atom. The van der Waals surface area contributed by atoms with E-state index in [0.29, 0.717) is 18.4 Å². The average Bonchev–Trinajstić information content (AvgIpc) is 3.54. The third kappa shape index (κ3) is 4.62. The van der Waals surface area contributed by atoms with Gasteiger partial charge in [0.05, 0.1) is 18.4 Å². The Bertz CT molecular complexity index is 1270. The van der Waals surface area contributed by atoms with Gasteiger partial charge < -0.3 is 5.32 Å². The number of hydrogen-bond donors (Lipinski definition) is 1. The lowest BCUT2D eigenvalue weighted by Crippen LogP contribution is -2.33. The van der Waals surface area contributed by atoms with Crippen molar-refractivity contribution in [3.63, 3.8) is 0 Å². The number of benzene rings is 1. The molecule has 3 aromatic heterocycles. The summed E-state index contributed by atoms with van der Waals surface area (Å²) in [5, 5.41) is 11.8. The summed E-state index contributed by atoms with van der Waals surface area (Å²) < 4.78 is 3.83. The first kappa shape index (κ1) is 22.0. The molecule has 174 valence electrons. The van der Waals surface area contributed by atoms with Crippen LogP contribution in [-0.4, -0.2) is 42.0 Å². The number of aromatic nitrogens is 6. The zero-order chi connectivity index (χ0) is 23.5. The predicted molar refractivity (Wildman–Crippen MR) is 131 cm³/mol. The van der Waals surface area contributed by atoms with Crippen LogP contribution in [0.25, 0.3) is 33.6 Å². The number of hydrogen-bond acceptors (Lipinski definition) is 5. The van der Waals surface area contributed by atoms with Gasteiger partial charge in [-0.05, 0) is 44.2 Å². The molecule has 1 fully saturated rings. The molecule has 0 radical (unpaired) electrons. The lowest BCUT2D eigenvalue weighted by molar-refractivity contribution is -0.126. The van der Waals surface area contributed by atoms with Crippen molar-refractivity contribution in [3.8, 4) is 33.6 Å². The second kappa shape index (κ2) is 9.59. The first-order valence-electron chi connectivity index (χ1n) is 11.8. The van der Waals surface area contributed by atoms with Crippen molar-refractivity contribution in [1.29, 1.82) is 0 Å². The molecule has 0 unspecified atom stereocenters. The maximum absolute atomic E-state index is 12.1. The smallest absolute Gasteiger partial charge is 0.223 e. The Morgan fingerprint density at radius 2 is 1.62 bits per heavy atom. The van der Waals surface area contributed by atoms with Gasteiger partial charge in [-0.25, -0.2) is 9.97 Å². The largest absolute Gasteiger partial charge is 0.356 e. The van der Waals surface area contributed by atoms with Crippen molar-refractivity contribution in [2.75, 3.05) is 6.54 Å². The van der Waals surface area contributed by atoms with Crippen LogP contribution in [0.4, 0.5) is 0 Å². The molecule has 0 saturated heterocycles. The molecule has 1 amide bonds. The molecule has 1 aliphatic carbocycles. The van der Waals surface area contributed by atoms with E-state index in [9.17, 15) is 4.79 Å². The van der Waals surface area contributed by atoms with E-state index in [0.717, 1.165) is 53.5 Å². The van der Waals surface area contributed by atoms with Crippen molar-refractivity contribution in [2.24, 2.45) is 13.0 Å². The SMILES string of the molecule is CCNC(=O)[C@H]1CC[C@H](n2cc(-c3cnc(-c4cccc(-c5cnn(C)c5)c4)nc3)cn2)CC1. The van der Waals surface area contributed by atoms with E-state index >= 15 is 0 Å². The van der Waals surface area contributed by atoms with E-state index < -0.39 is 0 Å². The predicted octanol–water partition coefficient (Wildman–Crippen LogP) is 4.28. The second-order valence-corrected chi connectivity index (χ2v) is 8.89. The molecule has 8 heteroatoms. The summed E-state index contributed by atoms with van der Waals surface area (Å²) in [6, 6.07) is 8.51. The van der Waals surface area contributed by atoms with Crippen molar-refractivity contribution >= 4 is 5.91 Å². The highest BCUT2D eigenvalue weighted by molar-refractivity contribution is 5.78. The molecular weight excluding hydrogens is 426 g/mol. The molecule has 4 aromatic rings. The number of carbonyl (C=O) groups excluding carboxylic acids is 1. The second-order valence-electron chi connectivity index (χ2n) is 8.89. The maximum Gasteiger partial charge on any atom is 0.223 e. The highest BCUT2D eigenvalue weighted by Gasteiger charge is 2.27. The average molecular weight is 456 g/mol. The van der Waals surface area contributed by atoms with E-state index in [1.165, 1.54) is 0 Å². The Labute approximate surface area is 199 Å². The lowest BCUT2D eigenvalue weighted by atomic mass is 9.85. The fourth-order valence-electron chi connectivity index (χ4n) is 4.64. The normalized spacial score (nSPS) is 18.1. The Hall–Kier alpha value is -3.81. The van der Waals surface area contributed by atoms with Crippen molar-refractivity contribution in [3.05, 3.63) is 61.4 Å². The fraction of sp³-hybridized carbons (Fsp3) is 0.346. The molecule has 0 atom stereocenters. The standard InChI is InChI=1S/C26H29N7O/c1-3-27-26(34)18-7-9-24(10-8-18)33-17-23(15-31-33)21-12-28-25(29-13-21)20-6-4-5-19(11-20)22-14-30-32(2)16-22/h4-6,11-18,24H,3,7-10H2,1-2H3,(H,27,34)/t18-,24-. The van der Waals surface area contributed by atoms with Crippen molar-refractivity contribution < 1.29 is 4.79 Å². The van der Waals surface area contributed by atoms with Gasteiger partial charge in [-0.15, -0.1) is 0 Å². The maximum atomic E-state index is 12.1. The molecule has 1 aromatic carbocycles. The van der Waals surface area contributed by atoms with Gasteiger partial charge >= 0.3 is 0 Å². The van der Waals surface area contributed by atoms with Gasteiger partial charge in [0.15, 0.2) is 5.82 Å². The van der Waals surface area contributed by atoms with E-state index in [2.05, 4.69) is 43.8 Å². The molecular formula is C26H29N7O. The zero-order valence-corrected chi connectivity index (χ0v) is 19.6. The van der Waals surface area contributed by atoms with E-state index in [4.69, 9.17) is 0 Å². The minimum absolute atomic E-state index is 0.129. The van der Waals surface area contributed by atoms with E-state index in [1.54, 1.807) is 4.68 Å². The number of aryl methyl sites for hydroxylation is 1. The molecule has 34 heavy (non-hydrogen) atoms. The molecule has 5 rings (SSSR count). The first-order chi connectivity index (χ1) is 16.6. The van der Waals surface area contributed by atoms with Crippen LogP contribution in [0, 0.1) is 5.92 Å². The van der Waals surface area contributed by atoms with Crippen LogP contribution in [0.3, 0.4) is 0 Å². The summed E-state index contributed by atoms with van der Waals surface area (Å²) in [6.45, 7) is 2.66. The molecule has 1 N–H and O–H groups in total. The Morgan fingerprint density at radius 1 is 0.912 bits per heavy atom. The highest BCUT2D eigenvalue weighted by Crippen LogP contribution is 2.33. The minimum Gasteiger partial charge on any atom is -0.356 e. The molecule has 8 nitrogen and oxygen atoms in total. The molecule has 1 saturated carbocycles. The van der Waals surface area contributed by atoms with Crippen LogP contribution in [0.1, 0.15) is 38.6 Å². The summed E-state index contributed by atoms with van der Waals surface area (Å²) in [6.07, 6.45) is 15.2. The summed E-state index contributed by atoms with van der Waals surface area (Å²) in [5.74, 6) is 1.000. The zero-order valence-electron chi connectivity index (χ0n) is 19.6. The summed E-state index contributed by atoms with van der Waals surface area (Å²) >= 11 is 0. The first-order valence-corrected chi connectivity index (χ1v) is 11.8. The van der Waals surface area contributed by atoms with Gasteiger partial charge in [-0.3, -0.25) is 14.2 Å². The van der Waals surface area contributed by atoms with Crippen LogP contribution < -0.4 is 5.32 Å². The summed E-state index contributed by atoms with van der Waals surface area (Å²) in [4.78, 5) is 21.3. The minimum atomic E-state index is 0.129. The number of amides is 1.